The first-order chi connectivity index (χ1) is 15.7. The molecular formula is C30H43N2+. The van der Waals surface area contributed by atoms with Crippen molar-refractivity contribution in [3.05, 3.63) is 90.0 Å². The molecule has 0 amide bonds. The summed E-state index contributed by atoms with van der Waals surface area (Å²) in [5.74, 6) is 1.85. The summed E-state index contributed by atoms with van der Waals surface area (Å²) in [5.41, 5.74) is 2.88. The second-order valence-electron chi connectivity index (χ2n) is 9.59. The molecule has 0 aliphatic heterocycles. The topological polar surface area (TPSA) is 19.7 Å². The number of hydrogen-bond acceptors (Lipinski definition) is 0. The Labute approximate surface area is 196 Å². The molecule has 3 rings (SSSR count). The Kier molecular flexibility index (Phi) is 9.59. The number of imidazole rings is 1. The number of hydrogen-bond donors (Lipinski definition) is 1. The Bertz CT molecular complexity index is 883. The number of unbranched alkanes of at least 4 members (excludes halogenated alkanes) is 5. The molecule has 2 heteroatoms. The molecule has 1 aromatic heterocycles. The maximum absolute atomic E-state index is 3.70. The lowest BCUT2D eigenvalue weighted by atomic mass is 9.66. The van der Waals surface area contributed by atoms with Gasteiger partial charge in [0.1, 0.15) is 12.4 Å². The highest BCUT2D eigenvalue weighted by Crippen LogP contribution is 2.43. The van der Waals surface area contributed by atoms with E-state index in [1.54, 1.807) is 0 Å². The van der Waals surface area contributed by atoms with Crippen LogP contribution in [0.1, 0.15) is 95.0 Å². The van der Waals surface area contributed by atoms with Crippen LogP contribution in [-0.2, 0) is 18.4 Å². The van der Waals surface area contributed by atoms with E-state index >= 15 is 0 Å². The zero-order valence-corrected chi connectivity index (χ0v) is 20.5. The Morgan fingerprint density at radius 2 is 1.47 bits per heavy atom. The highest BCUT2D eigenvalue weighted by Gasteiger charge is 2.41. The molecule has 0 aliphatic carbocycles. The molecule has 0 radical (unpaired) electrons. The molecule has 1 heterocycles. The number of H-pyrrole nitrogens is 1. The second-order valence-corrected chi connectivity index (χ2v) is 9.59. The molecule has 1 N–H and O–H groups in total. The molecule has 3 aromatic rings. The van der Waals surface area contributed by atoms with Crippen LogP contribution >= 0.6 is 0 Å². The van der Waals surface area contributed by atoms with Crippen LogP contribution in [0.15, 0.2) is 73.1 Å². The second kappa shape index (κ2) is 12.6. The van der Waals surface area contributed by atoms with Crippen LogP contribution in [0.4, 0.5) is 0 Å². The molecule has 32 heavy (non-hydrogen) atoms. The number of aromatic amines is 1. The Morgan fingerprint density at radius 3 is 2.16 bits per heavy atom. The first-order valence-corrected chi connectivity index (χ1v) is 12.8. The third kappa shape index (κ3) is 6.34. The highest BCUT2D eigenvalue weighted by molar-refractivity contribution is 5.32. The fourth-order valence-electron chi connectivity index (χ4n) is 5.20. The molecule has 2 aromatic carbocycles. The van der Waals surface area contributed by atoms with Gasteiger partial charge in [0.05, 0.1) is 12.5 Å². The molecule has 172 valence electrons. The summed E-state index contributed by atoms with van der Waals surface area (Å²) in [6.07, 6.45) is 15.7. The molecule has 2 unspecified atom stereocenters. The minimum atomic E-state index is 0.0200. The highest BCUT2D eigenvalue weighted by atomic mass is 15.1. The quantitative estimate of drug-likeness (QED) is 0.199. The largest absolute Gasteiger partial charge is 0.258 e. The average Bonchev–Trinajstić information content (AvgIpc) is 3.28. The number of aryl methyl sites for hydroxylation is 1. The molecule has 0 fully saturated rings. The van der Waals surface area contributed by atoms with Crippen molar-refractivity contribution in [3.8, 4) is 0 Å². The van der Waals surface area contributed by atoms with Gasteiger partial charge in [-0.2, -0.15) is 0 Å². The van der Waals surface area contributed by atoms with E-state index in [-0.39, 0.29) is 5.41 Å². The summed E-state index contributed by atoms with van der Waals surface area (Å²) in [6, 6.07) is 22.3. The van der Waals surface area contributed by atoms with Gasteiger partial charge >= 0.3 is 0 Å². The fraction of sp³-hybridized carbons (Fsp3) is 0.500. The van der Waals surface area contributed by atoms with Crippen LogP contribution in [0, 0.1) is 0 Å². The van der Waals surface area contributed by atoms with E-state index in [0.29, 0.717) is 5.92 Å². The van der Waals surface area contributed by atoms with Crippen molar-refractivity contribution in [1.82, 2.24) is 4.98 Å². The predicted molar refractivity (Wildman–Crippen MR) is 136 cm³/mol. The average molecular weight is 432 g/mol. The van der Waals surface area contributed by atoms with E-state index < -0.39 is 0 Å². The van der Waals surface area contributed by atoms with Crippen LogP contribution in [0.3, 0.4) is 0 Å². The van der Waals surface area contributed by atoms with Gasteiger partial charge in [-0.05, 0) is 36.8 Å². The summed E-state index contributed by atoms with van der Waals surface area (Å²) in [5, 5.41) is 0. The van der Waals surface area contributed by atoms with E-state index in [0.717, 1.165) is 13.0 Å². The predicted octanol–water partition coefficient (Wildman–Crippen LogP) is 7.75. The van der Waals surface area contributed by atoms with E-state index in [1.165, 1.54) is 68.3 Å². The van der Waals surface area contributed by atoms with Gasteiger partial charge in [0, 0.05) is 5.41 Å². The monoisotopic (exact) mass is 431 g/mol. The summed E-state index contributed by atoms with van der Waals surface area (Å²) < 4.78 is 2.51. The lowest BCUT2D eigenvalue weighted by molar-refractivity contribution is -0.705. The normalized spacial score (nSPS) is 14.2. The number of nitrogens with zero attached hydrogens (tertiary/aromatic N) is 1. The summed E-state index contributed by atoms with van der Waals surface area (Å²) >= 11 is 0. The zero-order chi connectivity index (χ0) is 22.7. The van der Waals surface area contributed by atoms with Gasteiger partial charge < -0.3 is 0 Å². The lowest BCUT2D eigenvalue weighted by Crippen LogP contribution is -2.43. The van der Waals surface area contributed by atoms with Gasteiger partial charge in [-0.15, -0.1) is 0 Å². The first-order valence-electron chi connectivity index (χ1n) is 12.8. The smallest absolute Gasteiger partial charge is 0.247 e. The maximum Gasteiger partial charge on any atom is 0.258 e. The minimum absolute atomic E-state index is 0.0200. The van der Waals surface area contributed by atoms with Gasteiger partial charge in [0.15, 0.2) is 0 Å². The van der Waals surface area contributed by atoms with Crippen molar-refractivity contribution in [2.24, 2.45) is 0 Å². The molecule has 0 spiro atoms. The number of nitrogens with one attached hydrogen (secondary N) is 1. The van der Waals surface area contributed by atoms with Crippen LogP contribution in [0.5, 0.6) is 0 Å². The molecule has 0 aliphatic rings. The van der Waals surface area contributed by atoms with Crippen molar-refractivity contribution in [2.75, 3.05) is 0 Å². The molecule has 0 saturated heterocycles. The number of aromatic nitrogens is 2. The molecular weight excluding hydrogens is 388 g/mol. The number of benzene rings is 2. The van der Waals surface area contributed by atoms with E-state index in [1.807, 2.05) is 0 Å². The third-order valence-corrected chi connectivity index (χ3v) is 7.09. The Morgan fingerprint density at radius 1 is 0.812 bits per heavy atom. The summed E-state index contributed by atoms with van der Waals surface area (Å²) in [6.45, 7) is 8.19. The lowest BCUT2D eigenvalue weighted by Gasteiger charge is -2.37. The van der Waals surface area contributed by atoms with E-state index in [9.17, 15) is 0 Å². The Balaban J connectivity index is 2.00. The van der Waals surface area contributed by atoms with Gasteiger partial charge in [-0.25, -0.2) is 9.55 Å². The minimum Gasteiger partial charge on any atom is -0.247 e. The van der Waals surface area contributed by atoms with E-state index in [4.69, 9.17) is 0 Å². The van der Waals surface area contributed by atoms with E-state index in [2.05, 4.69) is 103 Å². The van der Waals surface area contributed by atoms with Gasteiger partial charge in [0.2, 0.25) is 0 Å². The maximum atomic E-state index is 3.70. The SMILES string of the molecule is CCCCCCC(c1[nH]cc[n+]1CCCCC)C(C)(Cc1ccccc1)c1ccccc1. The van der Waals surface area contributed by atoms with Gasteiger partial charge in [0.25, 0.3) is 5.82 Å². The standard InChI is InChI=1S/C30H42N2/c1-4-6-8-15-21-28(29-31-22-24-32(29)23-16-7-5-2)30(3,27-19-13-10-14-20-27)25-26-17-11-9-12-18-26/h9-14,17-20,22,24,28H,4-8,15-16,21,23,25H2,1-3H3/p+1. The summed E-state index contributed by atoms with van der Waals surface area (Å²) in [7, 11) is 0. The van der Waals surface area contributed by atoms with Crippen LogP contribution < -0.4 is 4.57 Å². The molecule has 2 nitrogen and oxygen atoms in total. The molecule has 0 bridgehead atoms. The van der Waals surface area contributed by atoms with Crippen LogP contribution in [0.2, 0.25) is 0 Å². The first kappa shape index (κ1) is 24.3. The zero-order valence-electron chi connectivity index (χ0n) is 20.5. The van der Waals surface area contributed by atoms with Crippen molar-refractivity contribution in [3.63, 3.8) is 0 Å². The fourth-order valence-corrected chi connectivity index (χ4v) is 5.20. The summed E-state index contributed by atoms with van der Waals surface area (Å²) in [4.78, 5) is 3.70. The van der Waals surface area contributed by atoms with Crippen molar-refractivity contribution < 1.29 is 4.57 Å². The Hall–Kier alpha value is -2.35. The van der Waals surface area contributed by atoms with Crippen LogP contribution in [0.25, 0.3) is 0 Å². The van der Waals surface area contributed by atoms with Crippen molar-refractivity contribution >= 4 is 0 Å². The van der Waals surface area contributed by atoms with Crippen LogP contribution in [-0.4, -0.2) is 4.98 Å². The van der Waals surface area contributed by atoms with Crippen molar-refractivity contribution in [1.29, 1.82) is 0 Å². The van der Waals surface area contributed by atoms with Gasteiger partial charge in [-0.3, -0.25) is 0 Å². The van der Waals surface area contributed by atoms with Gasteiger partial charge in [-0.1, -0.05) is 114 Å². The third-order valence-electron chi connectivity index (χ3n) is 7.09. The number of rotatable bonds is 14. The molecule has 0 saturated carbocycles. The van der Waals surface area contributed by atoms with Crippen molar-refractivity contribution in [2.45, 2.75) is 96.4 Å². The molecule has 2 atom stereocenters.